The van der Waals surface area contributed by atoms with Gasteiger partial charge in [-0.2, -0.15) is 10.5 Å². The summed E-state index contributed by atoms with van der Waals surface area (Å²) in [5, 5.41) is 20.2. The van der Waals surface area contributed by atoms with E-state index in [2.05, 4.69) is 49.9 Å². The minimum atomic E-state index is -0.113. The van der Waals surface area contributed by atoms with Gasteiger partial charge in [-0.05, 0) is 37.8 Å². The zero-order chi connectivity index (χ0) is 24.0. The highest BCUT2D eigenvalue weighted by Gasteiger charge is 2.34. The number of ether oxygens (including phenoxy) is 3. The Bertz CT molecular complexity index is 1070. The van der Waals surface area contributed by atoms with E-state index in [9.17, 15) is 10.5 Å². The average Bonchev–Trinajstić information content (AvgIpc) is 2.83. The molecule has 7 heteroatoms. The van der Waals surface area contributed by atoms with Gasteiger partial charge >= 0.3 is 0 Å². The topological polar surface area (TPSA) is 78.5 Å². The second kappa shape index (κ2) is 11.3. The Morgan fingerprint density at radius 3 is 2.33 bits per heavy atom. The van der Waals surface area contributed by atoms with Crippen LogP contribution >= 0.6 is 11.8 Å². The molecule has 1 heterocycles. The number of fused-ring (bicyclic) bond motifs is 2. The van der Waals surface area contributed by atoms with Crippen LogP contribution in [0.1, 0.15) is 51.7 Å². The Morgan fingerprint density at radius 1 is 1.03 bits per heavy atom. The maximum Gasteiger partial charge on any atom is 0.163 e. The fraction of sp³-hybridized carbons (Fsp3) is 0.462. The van der Waals surface area contributed by atoms with Gasteiger partial charge in [0, 0.05) is 18.6 Å². The number of hydrogen-bond acceptors (Lipinski definition) is 7. The predicted molar refractivity (Wildman–Crippen MR) is 131 cm³/mol. The molecule has 1 aliphatic heterocycles. The fourth-order valence-corrected chi connectivity index (χ4v) is 4.95. The largest absolute Gasteiger partial charge is 0.491 e. The highest BCUT2D eigenvalue weighted by molar-refractivity contribution is 7.99. The Kier molecular flexibility index (Phi) is 8.49. The molecule has 0 saturated heterocycles. The molecule has 0 saturated carbocycles. The standard InChI is InChI=1S/C26H31N3O3S/c1-6-18(30-5)16-32-24-19(14-27)20(15-28)25(31-13-12-17(3)4)26-23(24)29(7-2)21-10-8-9-11-22(21)33-26/h8-11,17-18H,6-7,12-13,16H2,1-5H3. The van der Waals surface area contributed by atoms with E-state index in [1.165, 1.54) is 0 Å². The summed E-state index contributed by atoms with van der Waals surface area (Å²) in [6, 6.07) is 12.6. The molecular weight excluding hydrogens is 434 g/mol. The molecule has 0 N–H and O–H groups in total. The van der Waals surface area contributed by atoms with E-state index >= 15 is 0 Å². The number of rotatable bonds is 10. The van der Waals surface area contributed by atoms with Crippen molar-refractivity contribution in [3.8, 4) is 23.6 Å². The van der Waals surface area contributed by atoms with Crippen molar-refractivity contribution in [3.63, 3.8) is 0 Å². The SMILES string of the molecule is CCC(COc1c(C#N)c(C#N)c(OCCC(C)C)c2c1N(CC)c1ccccc1S2)OC. The number of anilines is 2. The third-order valence-corrected chi connectivity index (χ3v) is 6.81. The van der Waals surface area contributed by atoms with Crippen LogP contribution in [0.15, 0.2) is 34.1 Å². The third-order valence-electron chi connectivity index (χ3n) is 5.66. The van der Waals surface area contributed by atoms with E-state index < -0.39 is 0 Å². The summed E-state index contributed by atoms with van der Waals surface area (Å²) in [6.07, 6.45) is 1.51. The molecule has 1 unspecified atom stereocenters. The van der Waals surface area contributed by atoms with Gasteiger partial charge in [0.05, 0.1) is 23.3 Å². The lowest BCUT2D eigenvalue weighted by atomic mass is 10.0. The molecule has 0 spiro atoms. The lowest BCUT2D eigenvalue weighted by Gasteiger charge is -2.35. The molecule has 2 aromatic rings. The summed E-state index contributed by atoms with van der Waals surface area (Å²) in [7, 11) is 1.65. The minimum absolute atomic E-state index is 0.113. The third kappa shape index (κ3) is 5.05. The van der Waals surface area contributed by atoms with Crippen LogP contribution in [0.5, 0.6) is 11.5 Å². The van der Waals surface area contributed by atoms with Gasteiger partial charge in [0.2, 0.25) is 0 Å². The van der Waals surface area contributed by atoms with Crippen molar-refractivity contribution in [1.82, 2.24) is 0 Å². The smallest absolute Gasteiger partial charge is 0.163 e. The Morgan fingerprint density at radius 2 is 1.73 bits per heavy atom. The van der Waals surface area contributed by atoms with E-state index in [1.807, 2.05) is 19.1 Å². The van der Waals surface area contributed by atoms with E-state index in [-0.39, 0.29) is 23.8 Å². The van der Waals surface area contributed by atoms with Gasteiger partial charge in [0.15, 0.2) is 11.5 Å². The first kappa shape index (κ1) is 24.8. The van der Waals surface area contributed by atoms with Crippen LogP contribution in [0.2, 0.25) is 0 Å². The first-order valence-electron chi connectivity index (χ1n) is 11.4. The monoisotopic (exact) mass is 465 g/mol. The van der Waals surface area contributed by atoms with Gasteiger partial charge in [0.25, 0.3) is 0 Å². The molecule has 174 valence electrons. The number of methoxy groups -OCH3 is 1. The number of benzene rings is 2. The van der Waals surface area contributed by atoms with Crippen molar-refractivity contribution in [2.75, 3.05) is 31.8 Å². The first-order valence-corrected chi connectivity index (χ1v) is 12.2. The van der Waals surface area contributed by atoms with Crippen LogP contribution in [0.3, 0.4) is 0 Å². The summed E-state index contributed by atoms with van der Waals surface area (Å²) in [5.41, 5.74) is 2.26. The quantitative estimate of drug-likeness (QED) is 0.408. The highest BCUT2D eigenvalue weighted by atomic mass is 32.2. The van der Waals surface area contributed by atoms with Gasteiger partial charge in [-0.15, -0.1) is 0 Å². The van der Waals surface area contributed by atoms with Crippen molar-refractivity contribution in [2.45, 2.75) is 56.4 Å². The zero-order valence-corrected chi connectivity index (χ0v) is 20.8. The molecule has 1 atom stereocenters. The van der Waals surface area contributed by atoms with Gasteiger partial charge in [-0.25, -0.2) is 0 Å². The maximum atomic E-state index is 10.1. The predicted octanol–water partition coefficient (Wildman–Crippen LogP) is 6.28. The molecule has 0 aromatic heterocycles. The summed E-state index contributed by atoms with van der Waals surface area (Å²) < 4.78 is 17.9. The maximum absolute atomic E-state index is 10.1. The highest BCUT2D eigenvalue weighted by Crippen LogP contribution is 2.57. The van der Waals surface area contributed by atoms with Crippen molar-refractivity contribution >= 4 is 23.1 Å². The number of hydrogen-bond donors (Lipinski definition) is 0. The van der Waals surface area contributed by atoms with Crippen LogP contribution in [0.4, 0.5) is 11.4 Å². The summed E-state index contributed by atoms with van der Waals surface area (Å²) in [6.45, 7) is 9.78. The molecular formula is C26H31N3O3S. The number of nitriles is 2. The van der Waals surface area contributed by atoms with Gasteiger partial charge in [0.1, 0.15) is 35.6 Å². The zero-order valence-electron chi connectivity index (χ0n) is 20.0. The summed E-state index contributed by atoms with van der Waals surface area (Å²) >= 11 is 1.56. The summed E-state index contributed by atoms with van der Waals surface area (Å²) in [4.78, 5) is 4.03. The molecule has 0 aliphatic carbocycles. The van der Waals surface area contributed by atoms with Crippen LogP contribution in [-0.2, 0) is 4.74 Å². The van der Waals surface area contributed by atoms with E-state index in [4.69, 9.17) is 14.2 Å². The molecule has 3 rings (SSSR count). The van der Waals surface area contributed by atoms with Gasteiger partial charge < -0.3 is 19.1 Å². The van der Waals surface area contributed by atoms with Crippen molar-refractivity contribution in [1.29, 1.82) is 10.5 Å². The molecule has 0 radical (unpaired) electrons. The molecule has 33 heavy (non-hydrogen) atoms. The summed E-state index contributed by atoms with van der Waals surface area (Å²) in [5.74, 6) is 1.35. The van der Waals surface area contributed by atoms with Crippen LogP contribution in [-0.4, -0.2) is 33.0 Å². The number of nitrogens with zero attached hydrogens (tertiary/aromatic N) is 3. The fourth-order valence-electron chi connectivity index (χ4n) is 3.75. The van der Waals surface area contributed by atoms with Gasteiger partial charge in [-0.3, -0.25) is 0 Å². The van der Waals surface area contributed by atoms with E-state index in [0.717, 1.165) is 34.0 Å². The average molecular weight is 466 g/mol. The normalized spacial score (nSPS) is 13.0. The van der Waals surface area contributed by atoms with Crippen molar-refractivity contribution < 1.29 is 14.2 Å². The second-order valence-corrected chi connectivity index (χ2v) is 9.28. The Balaban J connectivity index is 2.24. The van der Waals surface area contributed by atoms with Crippen LogP contribution in [0.25, 0.3) is 0 Å². The second-order valence-electron chi connectivity index (χ2n) is 8.23. The molecule has 0 fully saturated rings. The van der Waals surface area contributed by atoms with E-state index in [0.29, 0.717) is 30.6 Å². The lowest BCUT2D eigenvalue weighted by Crippen LogP contribution is -2.25. The van der Waals surface area contributed by atoms with E-state index in [1.54, 1.807) is 18.9 Å². The van der Waals surface area contributed by atoms with Gasteiger partial charge in [-0.1, -0.05) is 44.7 Å². The molecule has 2 aromatic carbocycles. The molecule has 6 nitrogen and oxygen atoms in total. The molecule has 0 amide bonds. The number of para-hydroxylation sites is 1. The Labute approximate surface area is 201 Å². The van der Waals surface area contributed by atoms with Crippen LogP contribution in [0, 0.1) is 28.6 Å². The molecule has 1 aliphatic rings. The van der Waals surface area contributed by atoms with Crippen molar-refractivity contribution in [2.24, 2.45) is 5.92 Å². The minimum Gasteiger partial charge on any atom is -0.491 e. The molecule has 0 bridgehead atoms. The lowest BCUT2D eigenvalue weighted by molar-refractivity contribution is 0.0555. The van der Waals surface area contributed by atoms with Crippen LogP contribution < -0.4 is 14.4 Å². The first-order chi connectivity index (χ1) is 16.0. The van der Waals surface area contributed by atoms with Crippen molar-refractivity contribution in [3.05, 3.63) is 35.4 Å². The Hall–Kier alpha value is -2.87.